The van der Waals surface area contributed by atoms with Gasteiger partial charge in [-0.15, -0.1) is 0 Å². The van der Waals surface area contributed by atoms with Gasteiger partial charge in [0.15, 0.2) is 0 Å². The molecule has 0 fully saturated rings. The Bertz CT molecular complexity index is 369. The Morgan fingerprint density at radius 3 is 2.24 bits per heavy atom. The van der Waals surface area contributed by atoms with E-state index in [0.29, 0.717) is 5.84 Å². The number of nitrogens with zero attached hydrogens (tertiary/aromatic N) is 1. The first-order valence-corrected chi connectivity index (χ1v) is 6.37. The molecule has 2 N–H and O–H groups in total. The summed E-state index contributed by atoms with van der Waals surface area (Å²) >= 11 is 0. The number of amidine groups is 1. The first-order valence-electron chi connectivity index (χ1n) is 6.37. The summed E-state index contributed by atoms with van der Waals surface area (Å²) in [6.07, 6.45) is 3.62. The van der Waals surface area contributed by atoms with Gasteiger partial charge < -0.3 is 5.73 Å². The molecule has 0 aliphatic rings. The molecule has 0 saturated heterocycles. The Labute approximate surface area is 105 Å². The minimum absolute atomic E-state index is 0.0686. The van der Waals surface area contributed by atoms with Crippen molar-refractivity contribution >= 4 is 11.5 Å². The lowest BCUT2D eigenvalue weighted by atomic mass is 9.95. The summed E-state index contributed by atoms with van der Waals surface area (Å²) in [5.41, 5.74) is 8.20. The van der Waals surface area contributed by atoms with E-state index >= 15 is 0 Å². The summed E-state index contributed by atoms with van der Waals surface area (Å²) in [4.78, 5) is 4.45. The van der Waals surface area contributed by atoms with Gasteiger partial charge in [-0.25, -0.2) is 4.99 Å². The predicted molar refractivity (Wildman–Crippen MR) is 75.8 cm³/mol. The van der Waals surface area contributed by atoms with E-state index in [-0.39, 0.29) is 5.41 Å². The van der Waals surface area contributed by atoms with Gasteiger partial charge in [0.05, 0.1) is 5.69 Å². The van der Waals surface area contributed by atoms with E-state index in [9.17, 15) is 0 Å². The molecule has 0 bridgehead atoms. The number of nitrogens with two attached hydrogens (primary N) is 1. The molecular weight excluding hydrogens is 208 g/mol. The highest BCUT2D eigenvalue weighted by molar-refractivity contribution is 5.87. The minimum Gasteiger partial charge on any atom is -0.387 e. The fraction of sp³-hybridized carbons (Fsp3) is 0.533. The lowest BCUT2D eigenvalue weighted by Gasteiger charge is -2.17. The van der Waals surface area contributed by atoms with Crippen molar-refractivity contribution in [3.63, 3.8) is 0 Å². The largest absolute Gasteiger partial charge is 0.387 e. The van der Waals surface area contributed by atoms with Crippen LogP contribution in [0.2, 0.25) is 0 Å². The second-order valence-corrected chi connectivity index (χ2v) is 5.52. The van der Waals surface area contributed by atoms with Crippen molar-refractivity contribution in [1.29, 1.82) is 0 Å². The number of aliphatic imine (C=N–C) groups is 1. The van der Waals surface area contributed by atoms with Gasteiger partial charge in [0.1, 0.15) is 5.84 Å². The maximum absolute atomic E-state index is 5.95. The van der Waals surface area contributed by atoms with Crippen LogP contribution in [0.3, 0.4) is 0 Å². The van der Waals surface area contributed by atoms with E-state index in [2.05, 4.69) is 44.8 Å². The number of benzene rings is 1. The summed E-state index contributed by atoms with van der Waals surface area (Å²) < 4.78 is 0. The molecular formula is C15H24N2. The first-order chi connectivity index (χ1) is 7.93. The van der Waals surface area contributed by atoms with Crippen molar-refractivity contribution < 1.29 is 0 Å². The highest BCUT2D eigenvalue weighted by atomic mass is 14.9. The molecule has 0 unspecified atom stereocenters. The summed E-state index contributed by atoms with van der Waals surface area (Å²) in [5.74, 6) is 0.679. The molecule has 0 amide bonds. The maximum atomic E-state index is 5.95. The Morgan fingerprint density at radius 2 is 1.76 bits per heavy atom. The Hall–Kier alpha value is -1.31. The van der Waals surface area contributed by atoms with Crippen molar-refractivity contribution in [2.75, 3.05) is 0 Å². The number of aryl methyl sites for hydroxylation is 1. The zero-order valence-electron chi connectivity index (χ0n) is 11.5. The maximum Gasteiger partial charge on any atom is 0.105 e. The highest BCUT2D eigenvalue weighted by Crippen LogP contribution is 2.19. The molecule has 0 saturated carbocycles. The topological polar surface area (TPSA) is 38.4 Å². The van der Waals surface area contributed by atoms with Crippen LogP contribution in [-0.2, 0) is 6.42 Å². The smallest absolute Gasteiger partial charge is 0.105 e. The SMILES string of the molecule is CCCCc1ccc(N=C(N)C(C)(C)C)cc1. The van der Waals surface area contributed by atoms with Gasteiger partial charge in [-0.05, 0) is 30.5 Å². The van der Waals surface area contributed by atoms with Crippen LogP contribution >= 0.6 is 0 Å². The predicted octanol–water partition coefficient (Wildman–Crippen LogP) is 4.06. The molecule has 0 heterocycles. The Balaban J connectivity index is 2.75. The van der Waals surface area contributed by atoms with E-state index in [1.807, 2.05) is 12.1 Å². The van der Waals surface area contributed by atoms with Crippen LogP contribution < -0.4 is 5.73 Å². The van der Waals surface area contributed by atoms with E-state index in [1.54, 1.807) is 0 Å². The fourth-order valence-corrected chi connectivity index (χ4v) is 1.42. The summed E-state index contributed by atoms with van der Waals surface area (Å²) in [6, 6.07) is 8.38. The average molecular weight is 232 g/mol. The van der Waals surface area contributed by atoms with Crippen LogP contribution in [-0.4, -0.2) is 5.84 Å². The van der Waals surface area contributed by atoms with Gasteiger partial charge in [-0.1, -0.05) is 46.2 Å². The molecule has 1 aromatic rings. The molecule has 2 nitrogen and oxygen atoms in total. The number of hydrogen-bond acceptors (Lipinski definition) is 1. The van der Waals surface area contributed by atoms with Crippen molar-refractivity contribution in [2.24, 2.45) is 16.1 Å². The normalized spacial score (nSPS) is 12.8. The summed E-state index contributed by atoms with van der Waals surface area (Å²) in [6.45, 7) is 8.42. The second-order valence-electron chi connectivity index (χ2n) is 5.52. The second kappa shape index (κ2) is 5.85. The molecule has 2 heteroatoms. The molecule has 0 aromatic heterocycles. The quantitative estimate of drug-likeness (QED) is 0.617. The number of rotatable bonds is 4. The lowest BCUT2D eigenvalue weighted by molar-refractivity contribution is 0.585. The standard InChI is InChI=1S/C15H24N2/c1-5-6-7-12-8-10-13(11-9-12)17-14(16)15(2,3)4/h8-11H,5-7H2,1-4H3,(H2,16,17). The average Bonchev–Trinajstić information content (AvgIpc) is 2.27. The van der Waals surface area contributed by atoms with Crippen LogP contribution in [0.1, 0.15) is 46.1 Å². The first kappa shape index (κ1) is 13.8. The van der Waals surface area contributed by atoms with Crippen molar-refractivity contribution in [2.45, 2.75) is 47.0 Å². The van der Waals surface area contributed by atoms with Gasteiger partial charge in [0, 0.05) is 5.41 Å². The van der Waals surface area contributed by atoms with Gasteiger partial charge >= 0.3 is 0 Å². The van der Waals surface area contributed by atoms with Crippen LogP contribution in [0, 0.1) is 5.41 Å². The molecule has 0 aliphatic heterocycles. The Kier molecular flexibility index (Phi) is 4.73. The minimum atomic E-state index is -0.0686. The fourth-order valence-electron chi connectivity index (χ4n) is 1.42. The molecule has 1 rings (SSSR count). The third-order valence-electron chi connectivity index (χ3n) is 2.77. The third-order valence-corrected chi connectivity index (χ3v) is 2.77. The van der Waals surface area contributed by atoms with Crippen LogP contribution in [0.5, 0.6) is 0 Å². The zero-order valence-corrected chi connectivity index (χ0v) is 11.5. The number of unbranched alkanes of at least 4 members (excludes halogenated alkanes) is 1. The van der Waals surface area contributed by atoms with E-state index < -0.39 is 0 Å². The monoisotopic (exact) mass is 232 g/mol. The van der Waals surface area contributed by atoms with E-state index in [0.717, 1.165) is 12.1 Å². The molecule has 0 atom stereocenters. The van der Waals surface area contributed by atoms with Gasteiger partial charge in [0.25, 0.3) is 0 Å². The van der Waals surface area contributed by atoms with Crippen LogP contribution in [0.15, 0.2) is 29.3 Å². The van der Waals surface area contributed by atoms with Crippen LogP contribution in [0.25, 0.3) is 0 Å². The lowest BCUT2D eigenvalue weighted by Crippen LogP contribution is -2.28. The Morgan fingerprint density at radius 1 is 1.18 bits per heavy atom. The van der Waals surface area contributed by atoms with E-state index in [1.165, 1.54) is 18.4 Å². The molecule has 94 valence electrons. The zero-order chi connectivity index (χ0) is 12.9. The van der Waals surface area contributed by atoms with Crippen molar-refractivity contribution in [3.05, 3.63) is 29.8 Å². The molecule has 1 aromatic carbocycles. The van der Waals surface area contributed by atoms with Crippen LogP contribution in [0.4, 0.5) is 5.69 Å². The van der Waals surface area contributed by atoms with Gasteiger partial charge in [0.2, 0.25) is 0 Å². The van der Waals surface area contributed by atoms with E-state index in [4.69, 9.17) is 5.73 Å². The highest BCUT2D eigenvalue weighted by Gasteiger charge is 2.15. The third kappa shape index (κ3) is 4.59. The van der Waals surface area contributed by atoms with Crippen molar-refractivity contribution in [3.8, 4) is 0 Å². The van der Waals surface area contributed by atoms with Gasteiger partial charge in [-0.3, -0.25) is 0 Å². The number of hydrogen-bond donors (Lipinski definition) is 1. The van der Waals surface area contributed by atoms with Crippen molar-refractivity contribution in [1.82, 2.24) is 0 Å². The molecule has 0 spiro atoms. The molecule has 0 radical (unpaired) electrons. The molecule has 17 heavy (non-hydrogen) atoms. The van der Waals surface area contributed by atoms with Gasteiger partial charge in [-0.2, -0.15) is 0 Å². The molecule has 0 aliphatic carbocycles. The summed E-state index contributed by atoms with van der Waals surface area (Å²) in [7, 11) is 0. The summed E-state index contributed by atoms with van der Waals surface area (Å²) in [5, 5.41) is 0.